The fraction of sp³-hybridized carbons (Fsp3) is 0.240. The molecule has 1 aromatic heterocycles. The van der Waals surface area contributed by atoms with Crippen molar-refractivity contribution in [2.75, 3.05) is 13.2 Å². The Bertz CT molecular complexity index is 1340. The maximum absolute atomic E-state index is 13.5. The fourth-order valence-electron chi connectivity index (χ4n) is 3.72. The lowest BCUT2D eigenvalue weighted by Crippen LogP contribution is -2.39. The molecule has 0 fully saturated rings. The van der Waals surface area contributed by atoms with Crippen molar-refractivity contribution in [1.82, 2.24) is 4.57 Å². The molecule has 164 valence electrons. The van der Waals surface area contributed by atoms with E-state index in [1.54, 1.807) is 18.4 Å². The number of hydrogen-bond acceptors (Lipinski definition) is 6. The summed E-state index contributed by atoms with van der Waals surface area (Å²) >= 11 is 1.31. The molecule has 0 bridgehead atoms. The second-order valence-electron chi connectivity index (χ2n) is 7.22. The molecule has 0 amide bonds. The summed E-state index contributed by atoms with van der Waals surface area (Å²) in [5.41, 5.74) is 2.48. The highest BCUT2D eigenvalue weighted by molar-refractivity contribution is 7.07. The third-order valence-corrected chi connectivity index (χ3v) is 6.10. The van der Waals surface area contributed by atoms with Crippen LogP contribution in [0.4, 0.5) is 0 Å². The smallest absolute Gasteiger partial charge is 0.338 e. The first-order valence-electron chi connectivity index (χ1n) is 10.5. The molecule has 1 unspecified atom stereocenters. The number of carbonyl (C=O) groups excluding carboxylic acids is 1. The van der Waals surface area contributed by atoms with Crippen molar-refractivity contribution in [1.29, 1.82) is 0 Å². The molecule has 2 aromatic carbocycles. The van der Waals surface area contributed by atoms with Gasteiger partial charge < -0.3 is 9.47 Å². The summed E-state index contributed by atoms with van der Waals surface area (Å²) in [4.78, 5) is 31.5. The maximum Gasteiger partial charge on any atom is 0.338 e. The van der Waals surface area contributed by atoms with Crippen LogP contribution < -0.4 is 19.6 Å². The summed E-state index contributed by atoms with van der Waals surface area (Å²) in [7, 11) is 0. The largest absolute Gasteiger partial charge is 0.494 e. The molecule has 32 heavy (non-hydrogen) atoms. The van der Waals surface area contributed by atoms with Crippen LogP contribution in [0.1, 0.15) is 37.9 Å². The van der Waals surface area contributed by atoms with Crippen molar-refractivity contribution < 1.29 is 14.3 Å². The minimum absolute atomic E-state index is 0.189. The molecule has 0 radical (unpaired) electrons. The van der Waals surface area contributed by atoms with E-state index in [0.717, 1.165) is 16.9 Å². The Hall–Kier alpha value is -3.45. The summed E-state index contributed by atoms with van der Waals surface area (Å²) in [6.07, 6.45) is 1.84. The number of nitrogens with zero attached hydrogens (tertiary/aromatic N) is 2. The number of carbonyl (C=O) groups is 1. The molecule has 0 spiro atoms. The standard InChI is InChI=1S/C25H24N2O4S/c1-4-30-19-13-11-17(12-14-19)15-20-23(28)27-22(18-9-7-6-8-10-18)21(24(29)31-5-2)16(3)26-25(27)32-20/h6-15,22H,4-5H2,1-3H3/b20-15-. The van der Waals surface area contributed by atoms with Crippen LogP contribution in [0.15, 0.2) is 75.7 Å². The zero-order valence-corrected chi connectivity index (χ0v) is 19.0. The summed E-state index contributed by atoms with van der Waals surface area (Å²) < 4.78 is 12.9. The summed E-state index contributed by atoms with van der Waals surface area (Å²) in [6.45, 7) is 6.33. The van der Waals surface area contributed by atoms with Crippen molar-refractivity contribution >= 4 is 23.4 Å². The van der Waals surface area contributed by atoms with Crippen LogP contribution in [0.5, 0.6) is 5.75 Å². The highest BCUT2D eigenvalue weighted by Crippen LogP contribution is 2.30. The number of rotatable bonds is 6. The Morgan fingerprint density at radius 3 is 2.47 bits per heavy atom. The van der Waals surface area contributed by atoms with Crippen molar-refractivity contribution in [2.45, 2.75) is 26.8 Å². The van der Waals surface area contributed by atoms with Crippen LogP contribution in [0, 0.1) is 0 Å². The molecular formula is C25H24N2O4S. The van der Waals surface area contributed by atoms with E-state index in [-0.39, 0.29) is 12.2 Å². The molecule has 2 heterocycles. The Labute approximate surface area is 189 Å². The molecule has 0 saturated carbocycles. The van der Waals surface area contributed by atoms with Crippen molar-refractivity contribution in [3.05, 3.63) is 96.7 Å². The fourth-order valence-corrected chi connectivity index (χ4v) is 4.77. The van der Waals surface area contributed by atoms with Crippen LogP contribution in [0.25, 0.3) is 6.08 Å². The first-order chi connectivity index (χ1) is 15.5. The summed E-state index contributed by atoms with van der Waals surface area (Å²) in [6, 6.07) is 16.5. The minimum Gasteiger partial charge on any atom is -0.494 e. The molecular weight excluding hydrogens is 424 g/mol. The number of fused-ring (bicyclic) bond motifs is 1. The molecule has 3 aromatic rings. The van der Waals surface area contributed by atoms with Gasteiger partial charge in [0.15, 0.2) is 4.80 Å². The van der Waals surface area contributed by atoms with E-state index >= 15 is 0 Å². The maximum atomic E-state index is 13.5. The lowest BCUT2D eigenvalue weighted by atomic mass is 9.96. The SMILES string of the molecule is CCOC(=O)C1=C(C)N=c2s/c(=C\c3ccc(OCC)cc3)c(=O)n2C1c1ccccc1. The van der Waals surface area contributed by atoms with Gasteiger partial charge in [-0.15, -0.1) is 0 Å². The van der Waals surface area contributed by atoms with E-state index in [0.29, 0.717) is 27.2 Å². The van der Waals surface area contributed by atoms with Gasteiger partial charge in [0.25, 0.3) is 5.56 Å². The molecule has 0 aliphatic carbocycles. The third-order valence-electron chi connectivity index (χ3n) is 5.12. The average Bonchev–Trinajstić information content (AvgIpc) is 3.09. The second kappa shape index (κ2) is 9.36. The molecule has 0 N–H and O–H groups in total. The zero-order valence-electron chi connectivity index (χ0n) is 18.2. The first-order valence-corrected chi connectivity index (χ1v) is 11.3. The third kappa shape index (κ3) is 4.16. The van der Waals surface area contributed by atoms with Crippen LogP contribution in [0.3, 0.4) is 0 Å². The van der Waals surface area contributed by atoms with E-state index in [4.69, 9.17) is 9.47 Å². The predicted octanol–water partition coefficient (Wildman–Crippen LogP) is 3.20. The highest BCUT2D eigenvalue weighted by Gasteiger charge is 2.33. The molecule has 1 aliphatic rings. The van der Waals surface area contributed by atoms with Crippen molar-refractivity contribution in [3.63, 3.8) is 0 Å². The Kier molecular flexibility index (Phi) is 6.37. The Morgan fingerprint density at radius 1 is 1.09 bits per heavy atom. The van der Waals surface area contributed by atoms with Gasteiger partial charge in [0, 0.05) is 0 Å². The normalized spacial score (nSPS) is 15.8. The van der Waals surface area contributed by atoms with Gasteiger partial charge in [-0.25, -0.2) is 9.79 Å². The highest BCUT2D eigenvalue weighted by atomic mass is 32.1. The van der Waals surface area contributed by atoms with Gasteiger partial charge in [-0.1, -0.05) is 53.8 Å². The lowest BCUT2D eigenvalue weighted by molar-refractivity contribution is -0.139. The minimum atomic E-state index is -0.589. The molecule has 4 rings (SSSR count). The average molecular weight is 449 g/mol. The summed E-state index contributed by atoms with van der Waals surface area (Å²) in [5, 5.41) is 0. The van der Waals surface area contributed by atoms with E-state index in [2.05, 4.69) is 4.99 Å². The molecule has 0 saturated heterocycles. The lowest BCUT2D eigenvalue weighted by Gasteiger charge is -2.24. The van der Waals surface area contributed by atoms with Gasteiger partial charge in [0.1, 0.15) is 5.75 Å². The number of thiazole rings is 1. The van der Waals surface area contributed by atoms with Gasteiger partial charge >= 0.3 is 5.97 Å². The van der Waals surface area contributed by atoms with Gasteiger partial charge in [-0.3, -0.25) is 9.36 Å². The van der Waals surface area contributed by atoms with Crippen LogP contribution in [0.2, 0.25) is 0 Å². The van der Waals surface area contributed by atoms with E-state index in [1.807, 2.05) is 67.6 Å². The predicted molar refractivity (Wildman–Crippen MR) is 124 cm³/mol. The van der Waals surface area contributed by atoms with Gasteiger partial charge in [-0.2, -0.15) is 0 Å². The van der Waals surface area contributed by atoms with E-state index < -0.39 is 12.0 Å². The number of hydrogen-bond donors (Lipinski definition) is 0. The van der Waals surface area contributed by atoms with E-state index in [1.165, 1.54) is 11.3 Å². The second-order valence-corrected chi connectivity index (χ2v) is 8.22. The van der Waals surface area contributed by atoms with Crippen LogP contribution >= 0.6 is 11.3 Å². The zero-order chi connectivity index (χ0) is 22.7. The number of benzene rings is 2. The van der Waals surface area contributed by atoms with Crippen molar-refractivity contribution in [3.8, 4) is 5.75 Å². The number of ether oxygens (including phenoxy) is 2. The number of aromatic nitrogens is 1. The monoisotopic (exact) mass is 448 g/mol. The summed E-state index contributed by atoms with van der Waals surface area (Å²) in [5.74, 6) is 0.327. The van der Waals surface area contributed by atoms with E-state index in [9.17, 15) is 9.59 Å². The molecule has 1 aliphatic heterocycles. The van der Waals surface area contributed by atoms with Gasteiger partial charge in [0.05, 0.1) is 35.1 Å². The topological polar surface area (TPSA) is 69.9 Å². The first kappa shape index (κ1) is 21.8. The van der Waals surface area contributed by atoms with Gasteiger partial charge in [-0.05, 0) is 50.1 Å². The Morgan fingerprint density at radius 2 is 1.81 bits per heavy atom. The van der Waals surface area contributed by atoms with Crippen LogP contribution in [-0.4, -0.2) is 23.8 Å². The molecule has 1 atom stereocenters. The molecule has 6 nitrogen and oxygen atoms in total. The van der Waals surface area contributed by atoms with Crippen LogP contribution in [-0.2, 0) is 9.53 Å². The quantitative estimate of drug-likeness (QED) is 0.543. The van der Waals surface area contributed by atoms with Gasteiger partial charge in [0.2, 0.25) is 0 Å². The Balaban J connectivity index is 1.87. The van der Waals surface area contributed by atoms with Crippen molar-refractivity contribution in [2.24, 2.45) is 4.99 Å². The number of esters is 1. The number of allylic oxidation sites excluding steroid dienone is 1. The molecule has 7 heteroatoms.